The highest BCUT2D eigenvalue weighted by molar-refractivity contribution is 5.94. The van der Waals surface area contributed by atoms with Gasteiger partial charge >= 0.3 is 0 Å². The van der Waals surface area contributed by atoms with Crippen LogP contribution in [-0.4, -0.2) is 47.8 Å². The first-order chi connectivity index (χ1) is 15.2. The number of nitrogens with one attached hydrogen (secondary N) is 1. The average Bonchev–Trinajstić information content (AvgIpc) is 2.84. The van der Waals surface area contributed by atoms with E-state index < -0.39 is 0 Å². The summed E-state index contributed by atoms with van der Waals surface area (Å²) in [4.78, 5) is 29.6. The van der Waals surface area contributed by atoms with Crippen molar-refractivity contribution in [1.82, 2.24) is 15.1 Å². The van der Waals surface area contributed by atoms with E-state index in [9.17, 15) is 9.59 Å². The predicted molar refractivity (Wildman–Crippen MR) is 122 cm³/mol. The molecule has 2 aromatic carbocycles. The smallest absolute Gasteiger partial charge is 0.253 e. The Kier molecular flexibility index (Phi) is 7.36. The van der Waals surface area contributed by atoms with Crippen molar-refractivity contribution < 1.29 is 9.59 Å². The van der Waals surface area contributed by atoms with Gasteiger partial charge in [-0.25, -0.2) is 0 Å². The van der Waals surface area contributed by atoms with Gasteiger partial charge in [0.25, 0.3) is 5.91 Å². The Hall–Kier alpha value is -2.66. The van der Waals surface area contributed by atoms with Crippen molar-refractivity contribution in [1.29, 1.82) is 0 Å². The van der Waals surface area contributed by atoms with Crippen molar-refractivity contribution in [2.24, 2.45) is 5.92 Å². The van der Waals surface area contributed by atoms with Crippen LogP contribution in [0.15, 0.2) is 54.6 Å². The van der Waals surface area contributed by atoms with Gasteiger partial charge in [0, 0.05) is 50.7 Å². The number of nitrogens with zero attached hydrogens (tertiary/aromatic N) is 2. The maximum absolute atomic E-state index is 12.9. The summed E-state index contributed by atoms with van der Waals surface area (Å²) < 4.78 is 0. The van der Waals surface area contributed by atoms with Gasteiger partial charge in [0.05, 0.1) is 0 Å². The molecular formula is C26H33N3O2. The Balaban J connectivity index is 1.23. The molecule has 2 aliphatic rings. The van der Waals surface area contributed by atoms with Gasteiger partial charge in [0.2, 0.25) is 5.91 Å². The topological polar surface area (TPSA) is 52.7 Å². The highest BCUT2D eigenvalue weighted by Crippen LogP contribution is 2.23. The van der Waals surface area contributed by atoms with Crippen molar-refractivity contribution in [2.75, 3.05) is 26.2 Å². The Bertz CT molecular complexity index is 852. The maximum Gasteiger partial charge on any atom is 0.253 e. The zero-order chi connectivity index (χ0) is 21.5. The number of carbonyl (C=O) groups is 2. The summed E-state index contributed by atoms with van der Waals surface area (Å²) in [6.45, 7) is 4.76. The van der Waals surface area contributed by atoms with Crippen LogP contribution in [-0.2, 0) is 17.9 Å². The molecule has 5 heteroatoms. The summed E-state index contributed by atoms with van der Waals surface area (Å²) in [5.41, 5.74) is 3.07. The van der Waals surface area contributed by atoms with Crippen LogP contribution in [0.2, 0.25) is 0 Å². The van der Waals surface area contributed by atoms with Gasteiger partial charge in [-0.1, -0.05) is 61.7 Å². The molecule has 0 bridgehead atoms. The Labute approximate surface area is 185 Å². The Morgan fingerprint density at radius 2 is 1.48 bits per heavy atom. The molecule has 2 amide bonds. The molecule has 0 aromatic heterocycles. The van der Waals surface area contributed by atoms with Crippen LogP contribution in [0.5, 0.6) is 0 Å². The second kappa shape index (κ2) is 10.6. The van der Waals surface area contributed by atoms with Crippen LogP contribution in [0, 0.1) is 5.92 Å². The molecule has 0 atom stereocenters. The van der Waals surface area contributed by atoms with E-state index in [4.69, 9.17) is 0 Å². The fourth-order valence-electron chi connectivity index (χ4n) is 4.60. The van der Waals surface area contributed by atoms with Gasteiger partial charge in [-0.15, -0.1) is 0 Å². The maximum atomic E-state index is 12.9. The van der Waals surface area contributed by atoms with Crippen LogP contribution in [0.3, 0.4) is 0 Å². The first-order valence-corrected chi connectivity index (χ1v) is 11.6. The van der Waals surface area contributed by atoms with Crippen molar-refractivity contribution >= 4 is 11.8 Å². The van der Waals surface area contributed by atoms with E-state index in [2.05, 4.69) is 34.5 Å². The van der Waals surface area contributed by atoms with Crippen LogP contribution >= 0.6 is 0 Å². The van der Waals surface area contributed by atoms with Gasteiger partial charge in [0.1, 0.15) is 0 Å². The number of amides is 2. The fourth-order valence-corrected chi connectivity index (χ4v) is 4.60. The first-order valence-electron chi connectivity index (χ1n) is 11.6. The number of hydrogen-bond acceptors (Lipinski definition) is 3. The largest absolute Gasteiger partial charge is 0.352 e. The molecule has 0 radical (unpaired) electrons. The monoisotopic (exact) mass is 419 g/mol. The lowest BCUT2D eigenvalue weighted by Gasteiger charge is -2.34. The van der Waals surface area contributed by atoms with Crippen molar-refractivity contribution in [3.8, 4) is 0 Å². The summed E-state index contributed by atoms with van der Waals surface area (Å²) in [7, 11) is 0. The molecule has 1 saturated heterocycles. The minimum Gasteiger partial charge on any atom is -0.352 e. The lowest BCUT2D eigenvalue weighted by atomic mass is 9.88. The summed E-state index contributed by atoms with van der Waals surface area (Å²) in [5, 5.41) is 3.07. The van der Waals surface area contributed by atoms with Crippen molar-refractivity contribution in [3.63, 3.8) is 0 Å². The number of carbonyl (C=O) groups excluding carboxylic acids is 2. The van der Waals surface area contributed by atoms with E-state index in [1.54, 1.807) is 0 Å². The van der Waals surface area contributed by atoms with Gasteiger partial charge in [-0.05, 0) is 36.1 Å². The average molecular weight is 420 g/mol. The second-order valence-electron chi connectivity index (χ2n) is 8.80. The lowest BCUT2D eigenvalue weighted by molar-refractivity contribution is -0.126. The molecule has 31 heavy (non-hydrogen) atoms. The molecule has 2 aromatic rings. The highest BCUT2D eigenvalue weighted by Gasteiger charge is 2.23. The number of benzene rings is 2. The van der Waals surface area contributed by atoms with E-state index in [0.717, 1.165) is 69.5 Å². The van der Waals surface area contributed by atoms with Gasteiger partial charge in [0.15, 0.2) is 0 Å². The third-order valence-corrected chi connectivity index (χ3v) is 6.55. The first kappa shape index (κ1) is 21.6. The summed E-state index contributed by atoms with van der Waals surface area (Å²) in [6, 6.07) is 18.2. The molecule has 1 saturated carbocycles. The van der Waals surface area contributed by atoms with Crippen LogP contribution in [0.4, 0.5) is 0 Å². The van der Waals surface area contributed by atoms with Gasteiger partial charge in [-0.2, -0.15) is 0 Å². The summed E-state index contributed by atoms with van der Waals surface area (Å²) in [5.74, 6) is 0.445. The van der Waals surface area contributed by atoms with Crippen LogP contribution in [0.1, 0.15) is 53.6 Å². The number of hydrogen-bond donors (Lipinski definition) is 1. The van der Waals surface area contributed by atoms with E-state index in [1.165, 1.54) is 12.0 Å². The third-order valence-electron chi connectivity index (χ3n) is 6.55. The van der Waals surface area contributed by atoms with Gasteiger partial charge in [-0.3, -0.25) is 14.5 Å². The summed E-state index contributed by atoms with van der Waals surface area (Å²) in [6.07, 6.45) is 5.60. The predicted octanol–water partition coefficient (Wildman–Crippen LogP) is 3.84. The van der Waals surface area contributed by atoms with E-state index in [1.807, 2.05) is 35.2 Å². The molecular weight excluding hydrogens is 386 g/mol. The third kappa shape index (κ3) is 5.95. The normalized spacial score (nSPS) is 18.0. The highest BCUT2D eigenvalue weighted by atomic mass is 16.2. The molecule has 1 heterocycles. The molecule has 4 rings (SSSR count). The van der Waals surface area contributed by atoms with Crippen LogP contribution in [0.25, 0.3) is 0 Å². The minimum absolute atomic E-state index is 0.0946. The number of piperazine rings is 1. The van der Waals surface area contributed by atoms with Crippen molar-refractivity contribution in [3.05, 3.63) is 71.3 Å². The zero-order valence-corrected chi connectivity index (χ0v) is 18.3. The molecule has 0 unspecified atom stereocenters. The SMILES string of the molecule is O=C(NCc1ccc(C(=O)N2CCN(Cc3ccccc3)CC2)cc1)C1CCCCC1. The molecule has 164 valence electrons. The van der Waals surface area contributed by atoms with Gasteiger partial charge < -0.3 is 10.2 Å². The van der Waals surface area contributed by atoms with E-state index in [0.29, 0.717) is 6.54 Å². The fraction of sp³-hybridized carbons (Fsp3) is 0.462. The zero-order valence-electron chi connectivity index (χ0n) is 18.3. The Morgan fingerprint density at radius 3 is 2.16 bits per heavy atom. The molecule has 5 nitrogen and oxygen atoms in total. The van der Waals surface area contributed by atoms with E-state index >= 15 is 0 Å². The quantitative estimate of drug-likeness (QED) is 0.774. The standard InChI is InChI=1S/C26H33N3O2/c30-25(23-9-5-2-6-10-23)27-19-21-11-13-24(14-12-21)26(31)29-17-15-28(16-18-29)20-22-7-3-1-4-8-22/h1,3-4,7-8,11-14,23H,2,5-6,9-10,15-20H2,(H,27,30). The molecule has 0 spiro atoms. The Morgan fingerprint density at radius 1 is 0.806 bits per heavy atom. The number of rotatable bonds is 6. The molecule has 1 N–H and O–H groups in total. The molecule has 1 aliphatic heterocycles. The molecule has 1 aliphatic carbocycles. The van der Waals surface area contributed by atoms with E-state index in [-0.39, 0.29) is 17.7 Å². The second-order valence-corrected chi connectivity index (χ2v) is 8.80. The minimum atomic E-state index is 0.0946. The summed E-state index contributed by atoms with van der Waals surface area (Å²) >= 11 is 0. The molecule has 2 fully saturated rings. The van der Waals surface area contributed by atoms with Crippen molar-refractivity contribution in [2.45, 2.75) is 45.2 Å². The van der Waals surface area contributed by atoms with Crippen LogP contribution < -0.4 is 5.32 Å². The lowest BCUT2D eigenvalue weighted by Crippen LogP contribution is -2.48.